The van der Waals surface area contributed by atoms with Crippen LogP contribution in [0, 0.1) is 0 Å². The van der Waals surface area contributed by atoms with Gasteiger partial charge in [-0.3, -0.25) is 14.4 Å². The van der Waals surface area contributed by atoms with Crippen LogP contribution >= 0.6 is 11.6 Å². The van der Waals surface area contributed by atoms with E-state index >= 15 is 0 Å². The number of piperidine rings is 1. The van der Waals surface area contributed by atoms with E-state index in [2.05, 4.69) is 35.9 Å². The maximum Gasteiger partial charge on any atom is 0.274 e. The molecule has 3 amide bonds. The zero-order valence-electron chi connectivity index (χ0n) is 34.1. The van der Waals surface area contributed by atoms with Gasteiger partial charge in [-0.05, 0) is 61.1 Å². The van der Waals surface area contributed by atoms with E-state index in [0.717, 1.165) is 80.8 Å². The van der Waals surface area contributed by atoms with E-state index in [1.54, 1.807) is 12.4 Å². The molecule has 2 aromatic carbocycles. The van der Waals surface area contributed by atoms with E-state index in [4.69, 9.17) is 32.5 Å². The van der Waals surface area contributed by atoms with Gasteiger partial charge in [0, 0.05) is 51.7 Å². The van der Waals surface area contributed by atoms with E-state index in [1.807, 2.05) is 84.2 Å². The Hall–Kier alpha value is -6.20. The molecular formula is C42H54ClN12O5+. The molecule has 1 aliphatic heterocycles. The number of benzene rings is 2. The second kappa shape index (κ2) is 20.7. The molecule has 5 aromatic rings. The minimum atomic E-state index is -0.423. The Balaban J connectivity index is 1.01. The quantitative estimate of drug-likeness (QED) is 0.0717. The van der Waals surface area contributed by atoms with Crippen molar-refractivity contribution in [2.24, 2.45) is 14.1 Å². The summed E-state index contributed by atoms with van der Waals surface area (Å²) in [5.74, 6) is 1.82. The summed E-state index contributed by atoms with van der Waals surface area (Å²) in [6.07, 6.45) is 12.4. The number of imidazole rings is 2. The number of nitrogens with two attached hydrogens (primary N) is 2. The summed E-state index contributed by atoms with van der Waals surface area (Å²) >= 11 is 6.08. The van der Waals surface area contributed by atoms with Crippen LogP contribution in [-0.2, 0) is 49.6 Å². The number of ether oxygens (including phenoxy) is 2. The van der Waals surface area contributed by atoms with Crippen molar-refractivity contribution in [3.05, 3.63) is 107 Å². The van der Waals surface area contributed by atoms with Gasteiger partial charge in [-0.2, -0.15) is 0 Å². The lowest BCUT2D eigenvalue weighted by Crippen LogP contribution is -2.60. The number of rotatable bonds is 20. The molecule has 0 aliphatic carbocycles. The van der Waals surface area contributed by atoms with Crippen LogP contribution in [-0.4, -0.2) is 96.7 Å². The number of aromatic nitrogens is 6. The third-order valence-electron chi connectivity index (χ3n) is 10.8. The number of carbonyl (C=O) groups excluding carboxylic acids is 3. The van der Waals surface area contributed by atoms with Crippen LogP contribution in [0.5, 0.6) is 11.5 Å². The highest BCUT2D eigenvalue weighted by molar-refractivity contribution is 6.31. The number of likely N-dealkylation sites (tertiary alicyclic amines) is 1. The normalized spacial score (nSPS) is 14.6. The third-order valence-corrected chi connectivity index (χ3v) is 11.0. The Bertz CT molecular complexity index is 2100. The largest absolute Gasteiger partial charge is 0.484 e. The van der Waals surface area contributed by atoms with Crippen molar-refractivity contribution in [1.82, 2.24) is 45.0 Å². The number of hydrogen-bond acceptors (Lipinski definition) is 11. The number of hydrogen-bond donors (Lipinski definition) is 5. The van der Waals surface area contributed by atoms with Crippen LogP contribution in [0.2, 0.25) is 5.15 Å². The van der Waals surface area contributed by atoms with Crippen LogP contribution in [0.25, 0.3) is 0 Å². The van der Waals surface area contributed by atoms with Crippen LogP contribution in [0.1, 0.15) is 58.9 Å². The first-order chi connectivity index (χ1) is 28.9. The smallest absolute Gasteiger partial charge is 0.274 e. The van der Waals surface area contributed by atoms with Gasteiger partial charge >= 0.3 is 0 Å². The molecule has 6 rings (SSSR count). The van der Waals surface area contributed by atoms with E-state index < -0.39 is 5.91 Å². The zero-order chi connectivity index (χ0) is 42.5. The van der Waals surface area contributed by atoms with Crippen LogP contribution in [0.15, 0.2) is 73.3 Å². The van der Waals surface area contributed by atoms with Crippen molar-refractivity contribution in [3.63, 3.8) is 0 Å². The Morgan fingerprint density at radius 2 is 1.30 bits per heavy atom. The van der Waals surface area contributed by atoms with Gasteiger partial charge in [-0.15, -0.1) is 0 Å². The number of nitrogens with zero attached hydrogens (tertiary/aromatic N) is 7. The minimum Gasteiger partial charge on any atom is -0.484 e. The average molecular weight is 842 g/mol. The molecule has 0 saturated carbocycles. The average Bonchev–Trinajstić information content (AvgIpc) is 3.86. The molecule has 0 spiro atoms. The minimum absolute atomic E-state index is 0.0249. The Kier molecular flexibility index (Phi) is 14.9. The van der Waals surface area contributed by atoms with Crippen LogP contribution in [0.3, 0.4) is 0 Å². The van der Waals surface area contributed by atoms with Gasteiger partial charge in [0.25, 0.3) is 17.7 Å². The van der Waals surface area contributed by atoms with E-state index in [9.17, 15) is 14.4 Å². The number of nitrogens with one attached hydrogen (secondary N) is 3. The summed E-state index contributed by atoms with van der Waals surface area (Å²) in [5.41, 5.74) is 14.0. The SMILES string of the molecule is Cn1ccnc1CNC(=O)COc1ccc(CCC[N+]2(CCCc3ccc(OCC(=O)NCc4nccn4C)cc3)CCC[C@H](NC(=O)c3nc(Cl)c(N)nc3N)C2)cc1. The standard InChI is InChI=1S/C42H53ClN12O5/c1-53-19-17-46-34(53)24-48-36(56)27-59-32-13-9-29(10-14-32)6-3-21-55(23-5-8-31(26-55)50-42(58)38-40(44)52-41(45)39(43)51-38)22-4-7-30-11-15-33(16-12-30)60-28-37(57)49-25-35-47-18-20-54(35)2/h9-20,31H,3-8,21-28H2,1-2H3,(H6-,44,45,48,49,50,52,56,57,58)/p+1/t31-/m0/s1. The van der Waals surface area contributed by atoms with Crippen molar-refractivity contribution < 1.29 is 28.3 Å². The first-order valence-electron chi connectivity index (χ1n) is 20.1. The monoisotopic (exact) mass is 841 g/mol. The molecule has 60 heavy (non-hydrogen) atoms. The predicted octanol–water partition coefficient (Wildman–Crippen LogP) is 3.13. The molecule has 18 heteroatoms. The first-order valence-corrected chi connectivity index (χ1v) is 20.5. The van der Waals surface area contributed by atoms with Gasteiger partial charge in [-0.1, -0.05) is 35.9 Å². The fourth-order valence-electron chi connectivity index (χ4n) is 7.45. The highest BCUT2D eigenvalue weighted by atomic mass is 35.5. The first kappa shape index (κ1) is 43.4. The maximum atomic E-state index is 13.3. The van der Waals surface area contributed by atoms with Crippen molar-refractivity contribution in [2.45, 2.75) is 57.7 Å². The Labute approximate surface area is 354 Å². The van der Waals surface area contributed by atoms with Gasteiger partial charge in [0.2, 0.25) is 0 Å². The number of quaternary nitrogens is 1. The van der Waals surface area contributed by atoms with Crippen molar-refractivity contribution in [1.29, 1.82) is 0 Å². The maximum absolute atomic E-state index is 13.3. The summed E-state index contributed by atoms with van der Waals surface area (Å²) in [4.78, 5) is 54.5. The fraction of sp³-hybridized carbons (Fsp3) is 0.405. The molecule has 0 bridgehead atoms. The molecule has 318 valence electrons. The number of amides is 3. The summed E-state index contributed by atoms with van der Waals surface area (Å²) < 4.78 is 16.0. The highest BCUT2D eigenvalue weighted by Crippen LogP contribution is 2.25. The van der Waals surface area contributed by atoms with Gasteiger partial charge in [-0.25, -0.2) is 19.9 Å². The second-order valence-electron chi connectivity index (χ2n) is 15.2. The van der Waals surface area contributed by atoms with Crippen LogP contribution < -0.4 is 36.9 Å². The Morgan fingerprint density at radius 3 is 1.78 bits per heavy atom. The lowest BCUT2D eigenvalue weighted by atomic mass is 9.99. The number of anilines is 2. The zero-order valence-corrected chi connectivity index (χ0v) is 34.9. The summed E-state index contributed by atoms with van der Waals surface area (Å²) in [7, 11) is 3.76. The molecule has 7 N–H and O–H groups in total. The fourth-order valence-corrected chi connectivity index (χ4v) is 7.58. The lowest BCUT2D eigenvalue weighted by Gasteiger charge is -2.45. The van der Waals surface area contributed by atoms with Crippen LogP contribution in [0.4, 0.5) is 11.6 Å². The summed E-state index contributed by atoms with van der Waals surface area (Å²) in [6, 6.07) is 15.6. The number of aryl methyl sites for hydroxylation is 4. The molecule has 1 atom stereocenters. The summed E-state index contributed by atoms with van der Waals surface area (Å²) in [6.45, 7) is 4.08. The molecule has 1 fully saturated rings. The Morgan fingerprint density at radius 1 is 0.783 bits per heavy atom. The molecule has 4 heterocycles. The number of nitrogen functional groups attached to an aromatic ring is 2. The van der Waals surface area contributed by atoms with Crippen molar-refractivity contribution in [3.8, 4) is 11.5 Å². The molecule has 0 radical (unpaired) electrons. The van der Waals surface area contributed by atoms with Gasteiger partial charge in [0.05, 0.1) is 45.3 Å². The van der Waals surface area contributed by atoms with E-state index in [1.165, 1.54) is 11.1 Å². The number of carbonyl (C=O) groups is 3. The topological polar surface area (TPSA) is 219 Å². The third kappa shape index (κ3) is 12.4. The molecule has 1 aliphatic rings. The molecule has 3 aromatic heterocycles. The second-order valence-corrected chi connectivity index (χ2v) is 15.5. The summed E-state index contributed by atoms with van der Waals surface area (Å²) in [5, 5.41) is 8.74. The molecule has 17 nitrogen and oxygen atoms in total. The molecule has 0 unspecified atom stereocenters. The number of halogens is 1. The molecular weight excluding hydrogens is 788 g/mol. The highest BCUT2D eigenvalue weighted by Gasteiger charge is 2.35. The molecule has 1 saturated heterocycles. The van der Waals surface area contributed by atoms with Gasteiger partial charge < -0.3 is 50.5 Å². The van der Waals surface area contributed by atoms with Gasteiger partial charge in [0.1, 0.15) is 23.1 Å². The lowest BCUT2D eigenvalue weighted by molar-refractivity contribution is -0.933. The van der Waals surface area contributed by atoms with Crippen molar-refractivity contribution >= 4 is 41.0 Å². The van der Waals surface area contributed by atoms with Gasteiger partial charge in [0.15, 0.2) is 35.7 Å². The predicted molar refractivity (Wildman–Crippen MR) is 227 cm³/mol. The van der Waals surface area contributed by atoms with Crippen molar-refractivity contribution in [2.75, 3.05) is 50.9 Å². The van der Waals surface area contributed by atoms with E-state index in [-0.39, 0.29) is 53.6 Å². The van der Waals surface area contributed by atoms with E-state index in [0.29, 0.717) is 24.6 Å².